The summed E-state index contributed by atoms with van der Waals surface area (Å²) in [7, 11) is 0. The topological polar surface area (TPSA) is 134 Å². The molecule has 1 saturated heterocycles. The molecule has 2 aromatic heterocycles. The second kappa shape index (κ2) is 4.63. The summed E-state index contributed by atoms with van der Waals surface area (Å²) in [5.41, 5.74) is 0.457. The highest BCUT2D eigenvalue weighted by atomic mass is 16.6. The zero-order chi connectivity index (χ0) is 14.4. The largest absolute Gasteiger partial charge is 0.492 e. The molecule has 1 fully saturated rings. The maximum Gasteiger partial charge on any atom is 0.243 e. The van der Waals surface area contributed by atoms with Gasteiger partial charge in [0.25, 0.3) is 0 Å². The molecule has 9 nitrogen and oxygen atoms in total. The normalized spacial score (nSPS) is 30.2. The molecule has 0 bridgehead atoms. The number of aryl methyl sites for hydroxylation is 1. The van der Waals surface area contributed by atoms with Crippen LogP contribution < -0.4 is 0 Å². The van der Waals surface area contributed by atoms with Crippen LogP contribution in [0.3, 0.4) is 0 Å². The number of nitrogens with zero attached hydrogens (tertiary/aromatic N) is 4. The Labute approximate surface area is 113 Å². The minimum atomic E-state index is -1.23. The van der Waals surface area contributed by atoms with Gasteiger partial charge in [0.2, 0.25) is 5.88 Å². The summed E-state index contributed by atoms with van der Waals surface area (Å²) in [6.45, 7) is 1.19. The van der Waals surface area contributed by atoms with Gasteiger partial charge in [0.1, 0.15) is 24.1 Å². The van der Waals surface area contributed by atoms with Crippen molar-refractivity contribution in [3.8, 4) is 5.88 Å². The number of aromatic hydroxyl groups is 1. The Morgan fingerprint density at radius 3 is 2.70 bits per heavy atom. The second-order valence-electron chi connectivity index (χ2n) is 4.65. The lowest BCUT2D eigenvalue weighted by Gasteiger charge is -2.16. The molecule has 20 heavy (non-hydrogen) atoms. The number of aliphatic hydroxyl groups excluding tert-OH is 3. The first kappa shape index (κ1) is 13.2. The first-order valence-electron chi connectivity index (χ1n) is 6.05. The number of aromatic nitrogens is 4. The van der Waals surface area contributed by atoms with Gasteiger partial charge in [-0.05, 0) is 6.92 Å². The monoisotopic (exact) mass is 282 g/mol. The van der Waals surface area contributed by atoms with Gasteiger partial charge in [0.05, 0.1) is 12.9 Å². The molecule has 4 N–H and O–H groups in total. The zero-order valence-corrected chi connectivity index (χ0v) is 10.6. The summed E-state index contributed by atoms with van der Waals surface area (Å²) in [6, 6.07) is 0. The molecule has 3 rings (SSSR count). The molecule has 3 heterocycles. The van der Waals surface area contributed by atoms with Crippen LogP contribution in [0, 0.1) is 6.92 Å². The van der Waals surface area contributed by atoms with Crippen molar-refractivity contribution in [3.05, 3.63) is 12.2 Å². The summed E-state index contributed by atoms with van der Waals surface area (Å²) in [5, 5.41) is 38.5. The highest BCUT2D eigenvalue weighted by Gasteiger charge is 2.44. The average molecular weight is 282 g/mol. The number of hydrogen-bond donors (Lipinski definition) is 4. The molecule has 0 amide bonds. The molecule has 0 radical (unpaired) electrons. The molecular formula is C11H14N4O5. The van der Waals surface area contributed by atoms with Gasteiger partial charge in [-0.3, -0.25) is 4.57 Å². The van der Waals surface area contributed by atoms with Crippen LogP contribution in [-0.4, -0.2) is 64.9 Å². The van der Waals surface area contributed by atoms with Crippen LogP contribution in [-0.2, 0) is 4.74 Å². The second-order valence-corrected chi connectivity index (χ2v) is 4.65. The molecule has 0 spiro atoms. The van der Waals surface area contributed by atoms with E-state index in [0.717, 1.165) is 0 Å². The smallest absolute Gasteiger partial charge is 0.243 e. The first-order chi connectivity index (χ1) is 9.52. The molecule has 1 aliphatic rings. The van der Waals surface area contributed by atoms with E-state index >= 15 is 0 Å². The van der Waals surface area contributed by atoms with Gasteiger partial charge in [-0.15, -0.1) is 0 Å². The Bertz CT molecular complexity index is 645. The highest BCUT2D eigenvalue weighted by Crippen LogP contribution is 2.32. The fourth-order valence-corrected chi connectivity index (χ4v) is 2.30. The third-order valence-electron chi connectivity index (χ3n) is 3.31. The molecule has 1 aliphatic heterocycles. The van der Waals surface area contributed by atoms with Crippen LogP contribution in [0.1, 0.15) is 12.1 Å². The molecular weight excluding hydrogens is 268 g/mol. The van der Waals surface area contributed by atoms with Crippen LogP contribution in [0.15, 0.2) is 6.33 Å². The standard InChI is InChI=1S/C11H14N4O5/c1-4-13-9-6(10(19)14-4)12-3-15(9)11-8(18)7(17)5(2-16)20-11/h3,5,7-8,11,16-18H,2H2,1H3,(H,13,14,19)/t5-,7?,8?,11-/m1/s1. The molecule has 2 unspecified atom stereocenters. The van der Waals surface area contributed by atoms with E-state index in [1.54, 1.807) is 6.92 Å². The molecule has 0 aliphatic carbocycles. The molecule has 4 atom stereocenters. The summed E-state index contributed by atoms with van der Waals surface area (Å²) >= 11 is 0. The molecule has 108 valence electrons. The lowest BCUT2D eigenvalue weighted by atomic mass is 10.1. The minimum absolute atomic E-state index is 0.174. The number of fused-ring (bicyclic) bond motifs is 1. The van der Waals surface area contributed by atoms with Crippen molar-refractivity contribution in [3.63, 3.8) is 0 Å². The van der Waals surface area contributed by atoms with Crippen molar-refractivity contribution >= 4 is 11.2 Å². The van der Waals surface area contributed by atoms with Crippen LogP contribution in [0.5, 0.6) is 5.88 Å². The Hall–Kier alpha value is -1.81. The highest BCUT2D eigenvalue weighted by molar-refractivity contribution is 5.76. The van der Waals surface area contributed by atoms with Crippen molar-refractivity contribution in [2.45, 2.75) is 31.5 Å². The summed E-state index contributed by atoms with van der Waals surface area (Å²) in [5.74, 6) is 0.0708. The lowest BCUT2D eigenvalue weighted by Crippen LogP contribution is -2.33. The van der Waals surface area contributed by atoms with Gasteiger partial charge in [0, 0.05) is 0 Å². The Kier molecular flexibility index (Phi) is 3.05. The predicted molar refractivity (Wildman–Crippen MR) is 64.7 cm³/mol. The molecule has 0 aromatic carbocycles. The molecule has 2 aromatic rings. The minimum Gasteiger partial charge on any atom is -0.492 e. The zero-order valence-electron chi connectivity index (χ0n) is 10.6. The number of ether oxygens (including phenoxy) is 1. The Morgan fingerprint density at radius 2 is 2.05 bits per heavy atom. The van der Waals surface area contributed by atoms with E-state index < -0.39 is 31.1 Å². The fourth-order valence-electron chi connectivity index (χ4n) is 2.30. The SMILES string of the molecule is Cc1nc(O)c2ncn([C@@H]3O[C@H](CO)C(O)C3O)c2n1. The number of hydrogen-bond acceptors (Lipinski definition) is 8. The van der Waals surface area contributed by atoms with Crippen molar-refractivity contribution < 1.29 is 25.2 Å². The van der Waals surface area contributed by atoms with E-state index in [2.05, 4.69) is 15.0 Å². The van der Waals surface area contributed by atoms with Gasteiger partial charge < -0.3 is 25.2 Å². The summed E-state index contributed by atoms with van der Waals surface area (Å²) in [6.07, 6.45) is -2.94. The van der Waals surface area contributed by atoms with Crippen molar-refractivity contribution in [1.29, 1.82) is 0 Å². The van der Waals surface area contributed by atoms with Crippen molar-refractivity contribution in [2.24, 2.45) is 0 Å². The maximum absolute atomic E-state index is 9.99. The first-order valence-corrected chi connectivity index (χ1v) is 6.05. The Morgan fingerprint density at radius 1 is 1.30 bits per heavy atom. The van der Waals surface area contributed by atoms with Crippen LogP contribution in [0.4, 0.5) is 0 Å². The van der Waals surface area contributed by atoms with Gasteiger partial charge >= 0.3 is 0 Å². The average Bonchev–Trinajstić information content (AvgIpc) is 2.93. The van der Waals surface area contributed by atoms with Gasteiger partial charge in [-0.25, -0.2) is 9.97 Å². The van der Waals surface area contributed by atoms with E-state index in [0.29, 0.717) is 5.82 Å². The van der Waals surface area contributed by atoms with E-state index in [-0.39, 0.29) is 17.0 Å². The number of aliphatic hydroxyl groups is 3. The van der Waals surface area contributed by atoms with Crippen LogP contribution in [0.25, 0.3) is 11.2 Å². The van der Waals surface area contributed by atoms with Gasteiger partial charge in [-0.1, -0.05) is 0 Å². The fraction of sp³-hybridized carbons (Fsp3) is 0.545. The van der Waals surface area contributed by atoms with Crippen molar-refractivity contribution in [2.75, 3.05) is 6.61 Å². The molecule has 9 heteroatoms. The van der Waals surface area contributed by atoms with Gasteiger partial charge in [-0.2, -0.15) is 4.98 Å². The molecule has 0 saturated carbocycles. The predicted octanol–water partition coefficient (Wildman–Crippen LogP) is -1.55. The summed E-state index contributed by atoms with van der Waals surface area (Å²) < 4.78 is 6.79. The maximum atomic E-state index is 9.99. The van der Waals surface area contributed by atoms with Gasteiger partial charge in [0.15, 0.2) is 17.4 Å². The van der Waals surface area contributed by atoms with E-state index in [1.165, 1.54) is 10.9 Å². The van der Waals surface area contributed by atoms with E-state index in [4.69, 9.17) is 9.84 Å². The number of rotatable bonds is 2. The number of imidazole rings is 1. The van der Waals surface area contributed by atoms with Crippen LogP contribution in [0.2, 0.25) is 0 Å². The quantitative estimate of drug-likeness (QED) is 0.520. The van der Waals surface area contributed by atoms with E-state index in [1.807, 2.05) is 0 Å². The van der Waals surface area contributed by atoms with Crippen LogP contribution >= 0.6 is 0 Å². The Balaban J connectivity index is 2.07. The summed E-state index contributed by atoms with van der Waals surface area (Å²) in [4.78, 5) is 11.9. The van der Waals surface area contributed by atoms with Crippen molar-refractivity contribution in [1.82, 2.24) is 19.5 Å². The third-order valence-corrected chi connectivity index (χ3v) is 3.31. The van der Waals surface area contributed by atoms with E-state index in [9.17, 15) is 15.3 Å². The lowest BCUT2D eigenvalue weighted by molar-refractivity contribution is -0.0511. The third kappa shape index (κ3) is 1.83.